The number of aryl methyl sites for hydroxylation is 1. The average molecular weight is 373 g/mol. The maximum Gasteiger partial charge on any atom is 0.254 e. The quantitative estimate of drug-likeness (QED) is 0.816. The van der Waals surface area contributed by atoms with Gasteiger partial charge in [-0.2, -0.15) is 0 Å². The van der Waals surface area contributed by atoms with E-state index in [1.807, 2.05) is 30.0 Å². The van der Waals surface area contributed by atoms with Gasteiger partial charge in [0.05, 0.1) is 5.41 Å². The number of methoxy groups -OCH3 is 1. The summed E-state index contributed by atoms with van der Waals surface area (Å²) in [6.45, 7) is 5.51. The molecule has 1 aromatic carbocycles. The second kappa shape index (κ2) is 8.42. The van der Waals surface area contributed by atoms with Crippen molar-refractivity contribution in [2.45, 2.75) is 64.8 Å². The van der Waals surface area contributed by atoms with Crippen molar-refractivity contribution >= 4 is 17.5 Å². The normalized spacial score (nSPS) is 21.4. The number of hydrogen-bond donors (Lipinski definition) is 1. The van der Waals surface area contributed by atoms with E-state index in [-0.39, 0.29) is 17.2 Å². The topological polar surface area (TPSA) is 58.6 Å². The Morgan fingerprint density at radius 2 is 2.04 bits per heavy atom. The van der Waals surface area contributed by atoms with Crippen molar-refractivity contribution < 1.29 is 14.3 Å². The van der Waals surface area contributed by atoms with Crippen molar-refractivity contribution in [2.24, 2.45) is 5.41 Å². The molecule has 27 heavy (non-hydrogen) atoms. The lowest BCUT2D eigenvalue weighted by molar-refractivity contribution is -0.131. The summed E-state index contributed by atoms with van der Waals surface area (Å²) in [7, 11) is 1.67. The van der Waals surface area contributed by atoms with E-state index < -0.39 is 0 Å². The zero-order valence-electron chi connectivity index (χ0n) is 16.8. The van der Waals surface area contributed by atoms with E-state index in [4.69, 9.17) is 4.74 Å². The molecular formula is C22H32N2O3. The fourth-order valence-electron chi connectivity index (χ4n) is 4.25. The number of carbonyl (C=O) groups is 2. The van der Waals surface area contributed by atoms with E-state index in [1.165, 1.54) is 6.42 Å². The molecule has 2 amide bonds. The summed E-state index contributed by atoms with van der Waals surface area (Å²) in [4.78, 5) is 27.7. The van der Waals surface area contributed by atoms with Crippen LogP contribution in [0.5, 0.6) is 0 Å². The number of hydrogen-bond acceptors (Lipinski definition) is 3. The molecule has 1 saturated heterocycles. The van der Waals surface area contributed by atoms with Crippen LogP contribution >= 0.6 is 0 Å². The van der Waals surface area contributed by atoms with Crippen LogP contribution in [0.15, 0.2) is 18.2 Å². The van der Waals surface area contributed by atoms with Gasteiger partial charge in [0.1, 0.15) is 0 Å². The van der Waals surface area contributed by atoms with Crippen LogP contribution in [0.4, 0.5) is 5.69 Å². The molecule has 1 heterocycles. The summed E-state index contributed by atoms with van der Waals surface area (Å²) < 4.78 is 5.18. The molecule has 3 rings (SSSR count). The predicted octanol–water partition coefficient (Wildman–Crippen LogP) is 4.15. The highest BCUT2D eigenvalue weighted by Crippen LogP contribution is 2.45. The van der Waals surface area contributed by atoms with Gasteiger partial charge in [0.25, 0.3) is 5.91 Å². The molecular weight excluding hydrogens is 340 g/mol. The third kappa shape index (κ3) is 4.18. The highest BCUT2D eigenvalue weighted by molar-refractivity contribution is 5.98. The molecule has 5 heteroatoms. The number of nitrogens with one attached hydrogen (secondary N) is 1. The summed E-state index contributed by atoms with van der Waals surface area (Å²) >= 11 is 0. The van der Waals surface area contributed by atoms with Crippen molar-refractivity contribution in [1.29, 1.82) is 0 Å². The van der Waals surface area contributed by atoms with Crippen LogP contribution in [0, 0.1) is 12.3 Å². The molecule has 1 aliphatic heterocycles. The van der Waals surface area contributed by atoms with Crippen LogP contribution in [0.25, 0.3) is 0 Å². The molecule has 0 spiro atoms. The van der Waals surface area contributed by atoms with Gasteiger partial charge in [-0.15, -0.1) is 0 Å². The second-order valence-corrected chi connectivity index (χ2v) is 8.20. The van der Waals surface area contributed by atoms with Crippen molar-refractivity contribution in [3.05, 3.63) is 29.3 Å². The Bertz CT molecular complexity index is 697. The first-order valence-electron chi connectivity index (χ1n) is 10.2. The van der Waals surface area contributed by atoms with Crippen molar-refractivity contribution in [3.63, 3.8) is 0 Å². The molecule has 1 aliphatic carbocycles. The highest BCUT2D eigenvalue weighted by atomic mass is 16.5. The zero-order chi connectivity index (χ0) is 19.4. The summed E-state index contributed by atoms with van der Waals surface area (Å²) in [6, 6.07) is 5.92. The van der Waals surface area contributed by atoms with Gasteiger partial charge >= 0.3 is 0 Å². The van der Waals surface area contributed by atoms with Crippen LogP contribution in [0.3, 0.4) is 0 Å². The number of anilines is 1. The standard InChI is InChI=1S/C22H32N2O3/c1-16-15-18(20(25)24-13-5-4-7-17(24)2)8-9-19(16)23-21(26)22(10-6-11-22)12-14-27-3/h8-9,15,17H,4-7,10-14H2,1-3H3,(H,23,26). The molecule has 1 saturated carbocycles. The summed E-state index contributed by atoms with van der Waals surface area (Å²) in [5.74, 6) is 0.177. The van der Waals surface area contributed by atoms with Crippen LogP contribution in [-0.4, -0.2) is 43.0 Å². The third-order valence-electron chi connectivity index (χ3n) is 6.36. The number of likely N-dealkylation sites (tertiary alicyclic amines) is 1. The smallest absolute Gasteiger partial charge is 0.254 e. The number of benzene rings is 1. The predicted molar refractivity (Wildman–Crippen MR) is 107 cm³/mol. The Kier molecular flexibility index (Phi) is 6.20. The van der Waals surface area contributed by atoms with Gasteiger partial charge in [0, 0.05) is 37.6 Å². The Morgan fingerprint density at radius 1 is 1.26 bits per heavy atom. The fourth-order valence-corrected chi connectivity index (χ4v) is 4.25. The van der Waals surface area contributed by atoms with Gasteiger partial charge in [-0.25, -0.2) is 0 Å². The van der Waals surface area contributed by atoms with E-state index >= 15 is 0 Å². The van der Waals surface area contributed by atoms with Crippen molar-refractivity contribution in [3.8, 4) is 0 Å². The second-order valence-electron chi connectivity index (χ2n) is 8.20. The molecule has 5 nitrogen and oxygen atoms in total. The van der Waals surface area contributed by atoms with E-state index in [0.717, 1.165) is 56.3 Å². The molecule has 1 N–H and O–H groups in total. The largest absolute Gasteiger partial charge is 0.385 e. The number of piperidine rings is 1. The molecule has 1 atom stereocenters. The van der Waals surface area contributed by atoms with Gasteiger partial charge in [-0.05, 0) is 76.1 Å². The zero-order valence-corrected chi connectivity index (χ0v) is 16.8. The minimum Gasteiger partial charge on any atom is -0.385 e. The first kappa shape index (κ1) is 19.9. The molecule has 1 aromatic rings. The first-order chi connectivity index (χ1) is 13.0. The lowest BCUT2D eigenvalue weighted by atomic mass is 9.66. The summed E-state index contributed by atoms with van der Waals surface area (Å²) in [5.41, 5.74) is 2.14. The van der Waals surface area contributed by atoms with Crippen LogP contribution in [-0.2, 0) is 9.53 Å². The molecule has 2 aliphatic rings. The minimum absolute atomic E-state index is 0.0811. The Hall–Kier alpha value is -1.88. The molecule has 0 radical (unpaired) electrons. The maximum atomic E-state index is 12.9. The number of carbonyl (C=O) groups excluding carboxylic acids is 2. The molecule has 148 valence electrons. The fraction of sp³-hybridized carbons (Fsp3) is 0.636. The van der Waals surface area contributed by atoms with Crippen LogP contribution in [0.2, 0.25) is 0 Å². The van der Waals surface area contributed by atoms with Gasteiger partial charge in [0.2, 0.25) is 5.91 Å². The highest BCUT2D eigenvalue weighted by Gasteiger charge is 2.43. The Balaban J connectivity index is 1.69. The van der Waals surface area contributed by atoms with Gasteiger partial charge in [-0.1, -0.05) is 6.42 Å². The van der Waals surface area contributed by atoms with Crippen LogP contribution in [0.1, 0.15) is 67.8 Å². The molecule has 0 bridgehead atoms. The number of ether oxygens (including phenoxy) is 1. The number of amides is 2. The Morgan fingerprint density at radius 3 is 2.63 bits per heavy atom. The van der Waals surface area contributed by atoms with E-state index in [0.29, 0.717) is 18.2 Å². The van der Waals surface area contributed by atoms with E-state index in [9.17, 15) is 9.59 Å². The van der Waals surface area contributed by atoms with Crippen molar-refractivity contribution in [2.75, 3.05) is 25.6 Å². The lowest BCUT2D eigenvalue weighted by Gasteiger charge is -2.40. The maximum absolute atomic E-state index is 12.9. The molecule has 0 aromatic heterocycles. The van der Waals surface area contributed by atoms with Gasteiger partial charge in [0.15, 0.2) is 0 Å². The summed E-state index contributed by atoms with van der Waals surface area (Å²) in [6.07, 6.45) is 7.04. The average Bonchev–Trinajstić information content (AvgIpc) is 2.62. The lowest BCUT2D eigenvalue weighted by Crippen LogP contribution is -2.43. The van der Waals surface area contributed by atoms with E-state index in [1.54, 1.807) is 7.11 Å². The van der Waals surface area contributed by atoms with E-state index in [2.05, 4.69) is 12.2 Å². The monoisotopic (exact) mass is 372 g/mol. The van der Waals surface area contributed by atoms with Crippen molar-refractivity contribution in [1.82, 2.24) is 4.90 Å². The van der Waals surface area contributed by atoms with Crippen LogP contribution < -0.4 is 5.32 Å². The van der Waals surface area contributed by atoms with Gasteiger partial charge in [-0.3, -0.25) is 9.59 Å². The third-order valence-corrected chi connectivity index (χ3v) is 6.36. The van der Waals surface area contributed by atoms with Gasteiger partial charge < -0.3 is 15.0 Å². The Labute approximate surface area is 162 Å². The minimum atomic E-state index is -0.291. The molecule has 1 unspecified atom stereocenters. The summed E-state index contributed by atoms with van der Waals surface area (Å²) in [5, 5.41) is 3.10. The SMILES string of the molecule is COCCC1(C(=O)Nc2ccc(C(=O)N3CCCCC3C)cc2C)CCC1. The molecule has 2 fully saturated rings. The first-order valence-corrected chi connectivity index (χ1v) is 10.2. The number of nitrogens with zero attached hydrogens (tertiary/aromatic N) is 1. The number of rotatable bonds is 6.